The maximum Gasteiger partial charge on any atom is 0.164 e. The van der Waals surface area contributed by atoms with Gasteiger partial charge in [-0.3, -0.25) is 0 Å². The molecule has 10 heteroatoms. The maximum atomic E-state index is 5.02. The molecule has 0 radical (unpaired) electrons. The summed E-state index contributed by atoms with van der Waals surface area (Å²) in [5.41, 5.74) is 24.2. The van der Waals surface area contributed by atoms with Gasteiger partial charge in [-0.05, 0) is 156 Å². The number of hydrogen-bond acceptors (Lipinski definition) is 6. The van der Waals surface area contributed by atoms with Crippen molar-refractivity contribution in [2.45, 2.75) is 0 Å². The van der Waals surface area contributed by atoms with Gasteiger partial charge >= 0.3 is 0 Å². The molecule has 0 saturated heterocycles. The van der Waals surface area contributed by atoms with Crippen LogP contribution in [-0.2, 0) is 0 Å². The van der Waals surface area contributed by atoms with Crippen molar-refractivity contribution in [1.82, 2.24) is 48.2 Å². The third-order valence-corrected chi connectivity index (χ3v) is 21.5. The Balaban J connectivity index is 0.000000141. The van der Waals surface area contributed by atoms with E-state index < -0.39 is 0 Å². The molecule has 0 spiro atoms. The fourth-order valence-corrected chi connectivity index (χ4v) is 16.3. The maximum absolute atomic E-state index is 5.02. The number of nitrogens with zero attached hydrogens (tertiary/aromatic N) is 10. The van der Waals surface area contributed by atoms with Crippen molar-refractivity contribution < 1.29 is 0 Å². The second kappa shape index (κ2) is 27.5. The van der Waals surface area contributed by atoms with E-state index in [4.69, 9.17) is 29.9 Å². The molecule has 0 unspecified atom stereocenters. The van der Waals surface area contributed by atoms with Crippen molar-refractivity contribution in [3.63, 3.8) is 0 Å². The lowest BCUT2D eigenvalue weighted by Crippen LogP contribution is -2.01. The number of rotatable bonds is 12. The van der Waals surface area contributed by atoms with E-state index in [0.717, 1.165) is 78.2 Å². The first-order valence-electron chi connectivity index (χ1n) is 37.7. The Kier molecular flexibility index (Phi) is 16.0. The van der Waals surface area contributed by atoms with Crippen LogP contribution in [0.25, 0.3) is 201 Å². The molecule has 0 aliphatic rings. The highest BCUT2D eigenvalue weighted by atomic mass is 15.1. The van der Waals surface area contributed by atoms with E-state index in [1.807, 2.05) is 121 Å². The van der Waals surface area contributed by atoms with E-state index in [1.165, 1.54) is 87.4 Å². The van der Waals surface area contributed by atoms with Crippen molar-refractivity contribution in [2.24, 2.45) is 0 Å². The Morgan fingerprint density at radius 3 is 0.634 bits per heavy atom. The van der Waals surface area contributed by atoms with E-state index in [9.17, 15) is 0 Å². The summed E-state index contributed by atoms with van der Waals surface area (Å²) in [6, 6.07) is 141. The SMILES string of the molecule is c1ccc(-c2nc(-c3ccccc3)nc(-c3ccc(-n4c5ccccc5c5cc(-c6ccc7c(c6)c6ccccc6n7-c6ccccc6)ccc54)cc3)n2)cc1.c1ccc(-c2nc(-c3ccccc3)nc(-c3cccc(-n4c5ccccc5c5cc(-c6ccc7c(c6)c6ccccc6n7-c6ccccc6)ccc54)c3)n2)cc1. The van der Waals surface area contributed by atoms with E-state index in [0.29, 0.717) is 34.9 Å². The highest BCUT2D eigenvalue weighted by Crippen LogP contribution is 2.42. The first-order valence-corrected chi connectivity index (χ1v) is 37.7. The molecule has 6 aromatic heterocycles. The van der Waals surface area contributed by atoms with Gasteiger partial charge in [0.25, 0.3) is 0 Å². The lowest BCUT2D eigenvalue weighted by atomic mass is 10.0. The summed E-state index contributed by atoms with van der Waals surface area (Å²) in [5.74, 6) is 3.86. The Morgan fingerprint density at radius 1 is 0.125 bits per heavy atom. The van der Waals surface area contributed by atoms with Gasteiger partial charge in [-0.15, -0.1) is 0 Å². The average molecular weight is 1430 g/mol. The van der Waals surface area contributed by atoms with Crippen LogP contribution in [0.1, 0.15) is 0 Å². The highest BCUT2D eigenvalue weighted by molar-refractivity contribution is 6.15. The number of para-hydroxylation sites is 6. The van der Waals surface area contributed by atoms with Gasteiger partial charge in [-0.25, -0.2) is 29.9 Å². The smallest absolute Gasteiger partial charge is 0.164 e. The zero-order valence-corrected chi connectivity index (χ0v) is 60.6. The van der Waals surface area contributed by atoms with Crippen LogP contribution in [0, 0.1) is 0 Å². The van der Waals surface area contributed by atoms with Gasteiger partial charge < -0.3 is 18.3 Å². The van der Waals surface area contributed by atoms with Gasteiger partial charge in [0, 0.05) is 99.2 Å². The molecular formula is C102H66N10. The Labute approximate surface area is 645 Å². The fourth-order valence-electron chi connectivity index (χ4n) is 16.3. The summed E-state index contributed by atoms with van der Waals surface area (Å²) >= 11 is 0. The molecule has 16 aromatic carbocycles. The monoisotopic (exact) mass is 1430 g/mol. The van der Waals surface area contributed by atoms with E-state index >= 15 is 0 Å². The first kappa shape index (κ1) is 65.1. The largest absolute Gasteiger partial charge is 0.309 e. The summed E-state index contributed by atoms with van der Waals surface area (Å²) in [6.45, 7) is 0. The van der Waals surface area contributed by atoms with Crippen molar-refractivity contribution in [3.8, 4) is 113 Å². The molecule has 22 rings (SSSR count). The van der Waals surface area contributed by atoms with Crippen LogP contribution in [0.3, 0.4) is 0 Å². The standard InChI is InChI=1S/2C51H33N5/c1-4-15-34(16-5-1)49-52-50(35-17-6-2-7-18-35)54-51(53-49)38-19-14-22-40(31-38)56-46-26-13-11-24-42(46)44-33-37(28-30-48(44)56)36-27-29-47-43(32-36)41-23-10-12-25-45(41)55(47)39-20-8-3-9-21-39;1-4-14-34(15-5-1)49-52-50(35-16-6-2-7-17-35)54-51(53-49)36-24-28-40(29-25-36)56-46-23-13-11-21-42(46)44-33-38(27-31-48(44)56)37-26-30-47-43(32-37)41-20-10-12-22-45(41)55(47)39-18-8-3-9-19-39/h2*1-33H. The Morgan fingerprint density at radius 2 is 0.330 bits per heavy atom. The molecule has 0 aliphatic carbocycles. The molecule has 0 atom stereocenters. The number of fused-ring (bicyclic) bond motifs is 12. The van der Waals surface area contributed by atoms with Crippen LogP contribution in [-0.4, -0.2) is 48.2 Å². The van der Waals surface area contributed by atoms with Crippen LogP contribution in [0.4, 0.5) is 0 Å². The summed E-state index contributed by atoms with van der Waals surface area (Å²) in [4.78, 5) is 29.7. The van der Waals surface area contributed by atoms with Crippen molar-refractivity contribution in [3.05, 3.63) is 400 Å². The van der Waals surface area contributed by atoms with Crippen LogP contribution < -0.4 is 0 Å². The average Bonchev–Trinajstić information content (AvgIpc) is 1.64. The minimum Gasteiger partial charge on any atom is -0.309 e. The lowest BCUT2D eigenvalue weighted by Gasteiger charge is -2.12. The van der Waals surface area contributed by atoms with Crippen molar-refractivity contribution in [1.29, 1.82) is 0 Å². The Bertz CT molecular complexity index is 7220. The first-order chi connectivity index (χ1) is 55.5. The molecule has 0 fully saturated rings. The minimum atomic E-state index is 0.631. The molecule has 0 aliphatic heterocycles. The third-order valence-electron chi connectivity index (χ3n) is 21.5. The van der Waals surface area contributed by atoms with Crippen molar-refractivity contribution in [2.75, 3.05) is 0 Å². The minimum absolute atomic E-state index is 0.631. The number of benzene rings is 16. The third kappa shape index (κ3) is 11.5. The normalized spacial score (nSPS) is 11.6. The fraction of sp³-hybridized carbons (Fsp3) is 0. The van der Waals surface area contributed by atoms with Gasteiger partial charge in [-0.2, -0.15) is 0 Å². The molecule has 0 bridgehead atoms. The number of hydrogen-bond donors (Lipinski definition) is 0. The van der Waals surface area contributed by atoms with Crippen LogP contribution in [0.15, 0.2) is 400 Å². The molecule has 0 amide bonds. The molecule has 524 valence electrons. The van der Waals surface area contributed by atoms with Gasteiger partial charge in [0.1, 0.15) is 0 Å². The summed E-state index contributed by atoms with van der Waals surface area (Å²) < 4.78 is 9.43. The van der Waals surface area contributed by atoms with Crippen LogP contribution in [0.2, 0.25) is 0 Å². The molecular weight excluding hydrogens is 1370 g/mol. The number of aromatic nitrogens is 10. The van der Waals surface area contributed by atoms with E-state index in [1.54, 1.807) is 0 Å². The lowest BCUT2D eigenvalue weighted by molar-refractivity contribution is 1.07. The second-order valence-electron chi connectivity index (χ2n) is 28.2. The molecule has 0 saturated carbocycles. The quantitative estimate of drug-likeness (QED) is 0.121. The van der Waals surface area contributed by atoms with Gasteiger partial charge in [-0.1, -0.05) is 267 Å². The van der Waals surface area contributed by atoms with Crippen molar-refractivity contribution >= 4 is 87.2 Å². The summed E-state index contributed by atoms with van der Waals surface area (Å²) in [7, 11) is 0. The van der Waals surface area contributed by atoms with Gasteiger partial charge in [0.05, 0.1) is 44.1 Å². The summed E-state index contributed by atoms with van der Waals surface area (Å²) in [5, 5.41) is 9.82. The highest BCUT2D eigenvalue weighted by Gasteiger charge is 2.22. The van der Waals surface area contributed by atoms with Gasteiger partial charge in [0.15, 0.2) is 34.9 Å². The summed E-state index contributed by atoms with van der Waals surface area (Å²) in [6.07, 6.45) is 0. The zero-order chi connectivity index (χ0) is 74.0. The van der Waals surface area contributed by atoms with Crippen LogP contribution in [0.5, 0.6) is 0 Å². The molecule has 0 N–H and O–H groups in total. The molecule has 6 heterocycles. The molecule has 10 nitrogen and oxygen atoms in total. The van der Waals surface area contributed by atoms with E-state index in [2.05, 4.69) is 297 Å². The Hall–Kier alpha value is -15.3. The predicted molar refractivity (Wildman–Crippen MR) is 460 cm³/mol. The predicted octanol–water partition coefficient (Wildman–Crippen LogP) is 25.5. The topological polar surface area (TPSA) is 97.1 Å². The van der Waals surface area contributed by atoms with Crippen LogP contribution >= 0.6 is 0 Å². The second-order valence-corrected chi connectivity index (χ2v) is 28.2. The molecule has 22 aromatic rings. The van der Waals surface area contributed by atoms with E-state index in [-0.39, 0.29) is 0 Å². The van der Waals surface area contributed by atoms with Gasteiger partial charge in [0.2, 0.25) is 0 Å². The molecule has 112 heavy (non-hydrogen) atoms. The zero-order valence-electron chi connectivity index (χ0n) is 60.6.